The molecule has 22 heavy (non-hydrogen) atoms. The van der Waals surface area contributed by atoms with E-state index in [2.05, 4.69) is 65.4 Å². The summed E-state index contributed by atoms with van der Waals surface area (Å²) in [5.41, 5.74) is 8.69. The summed E-state index contributed by atoms with van der Waals surface area (Å²) in [6.07, 6.45) is 0. The highest BCUT2D eigenvalue weighted by atomic mass is 15.4. The Morgan fingerprint density at radius 1 is 0.455 bits per heavy atom. The van der Waals surface area contributed by atoms with Gasteiger partial charge in [-0.15, -0.1) is 0 Å². The summed E-state index contributed by atoms with van der Waals surface area (Å²) in [5, 5.41) is 5.02. The molecule has 0 unspecified atom stereocenters. The van der Waals surface area contributed by atoms with Crippen LogP contribution in [0.5, 0.6) is 0 Å². The Morgan fingerprint density at radius 3 is 2.14 bits per heavy atom. The van der Waals surface area contributed by atoms with Gasteiger partial charge in [-0.05, 0) is 34.4 Å². The van der Waals surface area contributed by atoms with Gasteiger partial charge in [0.25, 0.3) is 0 Å². The highest BCUT2D eigenvalue weighted by Gasteiger charge is 2.04. The van der Waals surface area contributed by atoms with Gasteiger partial charge in [0.05, 0.1) is 11.4 Å². The van der Waals surface area contributed by atoms with Crippen molar-refractivity contribution in [3.05, 3.63) is 84.9 Å². The number of hydrogen-bond acceptors (Lipinski definition) is 2. The van der Waals surface area contributed by atoms with Crippen LogP contribution in [0.2, 0.25) is 0 Å². The fourth-order valence-corrected chi connectivity index (χ4v) is 2.81. The predicted octanol–water partition coefficient (Wildman–Crippen LogP) is 5.43. The van der Waals surface area contributed by atoms with Gasteiger partial charge < -0.3 is 10.9 Å². The third-order valence-corrected chi connectivity index (χ3v) is 3.90. The van der Waals surface area contributed by atoms with Crippen molar-refractivity contribution < 1.29 is 0 Å². The van der Waals surface area contributed by atoms with E-state index >= 15 is 0 Å². The molecule has 106 valence electrons. The van der Waals surface area contributed by atoms with E-state index in [0.717, 1.165) is 11.4 Å². The molecule has 0 amide bonds. The molecule has 4 rings (SSSR count). The summed E-state index contributed by atoms with van der Waals surface area (Å²) in [5.74, 6) is 0. The molecule has 0 bridgehead atoms. The molecule has 0 atom stereocenters. The second-order valence-corrected chi connectivity index (χ2v) is 5.30. The number of nitrogens with one attached hydrogen (secondary N) is 2. The molecular weight excluding hydrogens is 268 g/mol. The first-order chi connectivity index (χ1) is 10.9. The zero-order valence-electron chi connectivity index (χ0n) is 12.1. The van der Waals surface area contributed by atoms with Crippen molar-refractivity contribution in [1.29, 1.82) is 0 Å². The Bertz CT molecular complexity index is 930. The maximum atomic E-state index is 3.32. The maximum absolute atomic E-state index is 3.32. The van der Waals surface area contributed by atoms with Gasteiger partial charge in [-0.1, -0.05) is 66.7 Å². The third kappa shape index (κ3) is 2.25. The average molecular weight is 284 g/mol. The molecule has 0 aliphatic carbocycles. The van der Waals surface area contributed by atoms with E-state index in [1.807, 2.05) is 30.3 Å². The lowest BCUT2D eigenvalue weighted by Gasteiger charge is -2.13. The van der Waals surface area contributed by atoms with Gasteiger partial charge in [0.2, 0.25) is 0 Å². The molecule has 0 spiro atoms. The van der Waals surface area contributed by atoms with Crippen molar-refractivity contribution in [2.24, 2.45) is 0 Å². The molecule has 0 saturated heterocycles. The van der Waals surface area contributed by atoms with Crippen molar-refractivity contribution in [2.45, 2.75) is 0 Å². The van der Waals surface area contributed by atoms with Crippen molar-refractivity contribution >= 4 is 32.9 Å². The highest BCUT2D eigenvalue weighted by molar-refractivity contribution is 6.11. The molecule has 2 nitrogen and oxygen atoms in total. The zero-order valence-corrected chi connectivity index (χ0v) is 12.1. The van der Waals surface area contributed by atoms with E-state index < -0.39 is 0 Å². The fourth-order valence-electron chi connectivity index (χ4n) is 2.81. The Hall–Kier alpha value is -3.00. The standard InChI is InChI=1S/C20H16N2/c1-2-8-16(9-3-1)21-22-20-12-6-11-18-17-10-5-4-7-15(17)13-14-19(18)20/h1-14,21-22H. The molecule has 0 aliphatic heterocycles. The van der Waals surface area contributed by atoms with Crippen molar-refractivity contribution in [3.63, 3.8) is 0 Å². The minimum atomic E-state index is 1.04. The van der Waals surface area contributed by atoms with Crippen molar-refractivity contribution in [2.75, 3.05) is 10.9 Å². The molecule has 4 aromatic rings. The fraction of sp³-hybridized carbons (Fsp3) is 0. The number of para-hydroxylation sites is 1. The molecule has 0 aliphatic rings. The predicted molar refractivity (Wildman–Crippen MR) is 95.1 cm³/mol. The van der Waals surface area contributed by atoms with Crippen molar-refractivity contribution in [1.82, 2.24) is 0 Å². The Kier molecular flexibility index (Phi) is 3.13. The quantitative estimate of drug-likeness (QED) is 0.387. The van der Waals surface area contributed by atoms with Crippen LogP contribution in [-0.2, 0) is 0 Å². The van der Waals surface area contributed by atoms with E-state index in [1.54, 1.807) is 0 Å². The first-order valence-electron chi connectivity index (χ1n) is 7.39. The molecule has 0 fully saturated rings. The summed E-state index contributed by atoms with van der Waals surface area (Å²) in [6, 6.07) is 29.3. The van der Waals surface area contributed by atoms with Crippen LogP contribution in [0.4, 0.5) is 11.4 Å². The minimum Gasteiger partial charge on any atom is -0.301 e. The van der Waals surface area contributed by atoms with E-state index in [1.165, 1.54) is 21.5 Å². The highest BCUT2D eigenvalue weighted by Crippen LogP contribution is 2.30. The van der Waals surface area contributed by atoms with Gasteiger partial charge in [-0.2, -0.15) is 0 Å². The molecular formula is C20H16N2. The molecule has 2 N–H and O–H groups in total. The van der Waals surface area contributed by atoms with E-state index in [9.17, 15) is 0 Å². The minimum absolute atomic E-state index is 1.04. The van der Waals surface area contributed by atoms with Crippen LogP contribution < -0.4 is 10.9 Å². The third-order valence-electron chi connectivity index (χ3n) is 3.90. The first-order valence-corrected chi connectivity index (χ1v) is 7.39. The van der Waals surface area contributed by atoms with Crippen LogP contribution in [0.1, 0.15) is 0 Å². The summed E-state index contributed by atoms with van der Waals surface area (Å²) >= 11 is 0. The van der Waals surface area contributed by atoms with Gasteiger partial charge in [0, 0.05) is 5.39 Å². The normalized spacial score (nSPS) is 10.7. The molecule has 0 saturated carbocycles. The summed E-state index contributed by atoms with van der Waals surface area (Å²) in [4.78, 5) is 0. The van der Waals surface area contributed by atoms with Gasteiger partial charge >= 0.3 is 0 Å². The lowest BCUT2D eigenvalue weighted by atomic mass is 10.0. The Morgan fingerprint density at radius 2 is 1.23 bits per heavy atom. The summed E-state index contributed by atoms with van der Waals surface area (Å²) in [7, 11) is 0. The summed E-state index contributed by atoms with van der Waals surface area (Å²) < 4.78 is 0. The number of rotatable bonds is 3. The smallest absolute Gasteiger partial charge is 0.0618 e. The lowest BCUT2D eigenvalue weighted by Crippen LogP contribution is -2.08. The monoisotopic (exact) mass is 284 g/mol. The Labute approximate surface area is 129 Å². The second-order valence-electron chi connectivity index (χ2n) is 5.30. The molecule has 0 aromatic heterocycles. The SMILES string of the molecule is c1ccc(NNc2cccc3c2ccc2ccccc23)cc1. The zero-order chi connectivity index (χ0) is 14.8. The second kappa shape index (κ2) is 5.41. The number of anilines is 2. The van der Waals surface area contributed by atoms with Crippen LogP contribution in [0, 0.1) is 0 Å². The number of benzene rings is 4. The van der Waals surface area contributed by atoms with Crippen molar-refractivity contribution in [3.8, 4) is 0 Å². The maximum Gasteiger partial charge on any atom is 0.0618 e. The average Bonchev–Trinajstić information content (AvgIpc) is 2.60. The number of hydrazine groups is 1. The number of hydrogen-bond donors (Lipinski definition) is 2. The Balaban J connectivity index is 1.76. The molecule has 0 radical (unpaired) electrons. The van der Waals surface area contributed by atoms with Crippen LogP contribution >= 0.6 is 0 Å². The molecule has 0 heterocycles. The van der Waals surface area contributed by atoms with Gasteiger partial charge in [-0.3, -0.25) is 0 Å². The van der Waals surface area contributed by atoms with E-state index in [4.69, 9.17) is 0 Å². The van der Waals surface area contributed by atoms with Gasteiger partial charge in [0.1, 0.15) is 0 Å². The molecule has 2 heteroatoms. The van der Waals surface area contributed by atoms with Crippen LogP contribution in [0.15, 0.2) is 84.9 Å². The first kappa shape index (κ1) is 12.7. The van der Waals surface area contributed by atoms with Gasteiger partial charge in [-0.25, -0.2) is 0 Å². The van der Waals surface area contributed by atoms with Gasteiger partial charge in [0.15, 0.2) is 0 Å². The number of fused-ring (bicyclic) bond motifs is 3. The largest absolute Gasteiger partial charge is 0.301 e. The van der Waals surface area contributed by atoms with Crippen LogP contribution in [-0.4, -0.2) is 0 Å². The topological polar surface area (TPSA) is 24.1 Å². The van der Waals surface area contributed by atoms with Crippen LogP contribution in [0.25, 0.3) is 21.5 Å². The van der Waals surface area contributed by atoms with E-state index in [-0.39, 0.29) is 0 Å². The lowest BCUT2D eigenvalue weighted by molar-refractivity contribution is 1.43. The van der Waals surface area contributed by atoms with E-state index in [0.29, 0.717) is 0 Å². The molecule has 4 aromatic carbocycles. The van der Waals surface area contributed by atoms with Crippen LogP contribution in [0.3, 0.4) is 0 Å². The summed E-state index contributed by atoms with van der Waals surface area (Å²) in [6.45, 7) is 0.